The van der Waals surface area contributed by atoms with Crippen LogP contribution in [0.4, 0.5) is 0 Å². The van der Waals surface area contributed by atoms with Gasteiger partial charge in [0.2, 0.25) is 5.91 Å². The van der Waals surface area contributed by atoms with Crippen molar-refractivity contribution in [1.29, 1.82) is 0 Å². The third-order valence-electron chi connectivity index (χ3n) is 3.52. The average Bonchev–Trinajstić information content (AvgIpc) is 2.73. The summed E-state index contributed by atoms with van der Waals surface area (Å²) in [5.41, 5.74) is 0.170. The zero-order chi connectivity index (χ0) is 11.4. The van der Waals surface area contributed by atoms with E-state index in [0.717, 1.165) is 19.8 Å². The maximum Gasteiger partial charge on any atom is 0.233 e. The fourth-order valence-corrected chi connectivity index (χ4v) is 2.29. The summed E-state index contributed by atoms with van der Waals surface area (Å²) < 4.78 is 5.14. The Labute approximate surface area is 97.1 Å². The van der Waals surface area contributed by atoms with E-state index < -0.39 is 0 Å². The molecule has 0 atom stereocenters. The number of carbonyl (C=O) groups excluding carboxylic acids is 1. The summed E-state index contributed by atoms with van der Waals surface area (Å²) >= 11 is 0. The van der Waals surface area contributed by atoms with Crippen LogP contribution in [0.15, 0.2) is 0 Å². The lowest BCUT2D eigenvalue weighted by molar-refractivity contribution is -0.126. The molecule has 2 fully saturated rings. The number of amides is 1. The van der Waals surface area contributed by atoms with Gasteiger partial charge in [0.05, 0.1) is 19.8 Å². The predicted octanol–water partition coefficient (Wildman–Crippen LogP) is 0.671. The van der Waals surface area contributed by atoms with Gasteiger partial charge in [0.1, 0.15) is 0 Å². The second-order valence-corrected chi connectivity index (χ2v) is 5.44. The van der Waals surface area contributed by atoms with Crippen LogP contribution in [0.3, 0.4) is 0 Å². The highest BCUT2D eigenvalue weighted by Gasteiger charge is 2.33. The number of nitrogens with one attached hydrogen (secondary N) is 2. The van der Waals surface area contributed by atoms with Crippen LogP contribution in [0.2, 0.25) is 0 Å². The van der Waals surface area contributed by atoms with Crippen molar-refractivity contribution in [1.82, 2.24) is 10.6 Å². The van der Waals surface area contributed by atoms with Crippen molar-refractivity contribution in [2.24, 2.45) is 5.41 Å². The third-order valence-corrected chi connectivity index (χ3v) is 3.52. The second kappa shape index (κ2) is 5.15. The van der Waals surface area contributed by atoms with Gasteiger partial charge in [0, 0.05) is 18.0 Å². The normalized spacial score (nSPS) is 24.1. The van der Waals surface area contributed by atoms with Crippen LogP contribution in [-0.2, 0) is 9.53 Å². The van der Waals surface area contributed by atoms with Gasteiger partial charge in [-0.25, -0.2) is 0 Å². The molecule has 1 aliphatic heterocycles. The molecule has 0 unspecified atom stereocenters. The van der Waals surface area contributed by atoms with Crippen molar-refractivity contribution in [2.75, 3.05) is 26.3 Å². The highest BCUT2D eigenvalue weighted by atomic mass is 16.5. The van der Waals surface area contributed by atoms with E-state index in [0.29, 0.717) is 12.6 Å². The van der Waals surface area contributed by atoms with E-state index in [-0.39, 0.29) is 11.3 Å². The second-order valence-electron chi connectivity index (χ2n) is 5.44. The van der Waals surface area contributed by atoms with Crippen LogP contribution in [0, 0.1) is 5.41 Å². The van der Waals surface area contributed by atoms with Gasteiger partial charge in [-0.3, -0.25) is 4.79 Å². The van der Waals surface area contributed by atoms with Crippen LogP contribution in [-0.4, -0.2) is 38.3 Å². The zero-order valence-corrected chi connectivity index (χ0v) is 10.1. The van der Waals surface area contributed by atoms with Gasteiger partial charge < -0.3 is 15.4 Å². The fourth-order valence-electron chi connectivity index (χ4n) is 2.29. The monoisotopic (exact) mass is 226 g/mol. The van der Waals surface area contributed by atoms with Crippen molar-refractivity contribution in [3.8, 4) is 0 Å². The quantitative estimate of drug-likeness (QED) is 0.724. The molecule has 1 aliphatic carbocycles. The molecular weight excluding hydrogens is 204 g/mol. The first-order valence-corrected chi connectivity index (χ1v) is 6.26. The van der Waals surface area contributed by atoms with Crippen molar-refractivity contribution in [3.05, 3.63) is 0 Å². The fraction of sp³-hybridized carbons (Fsp3) is 0.917. The molecular formula is C12H22N2O2. The van der Waals surface area contributed by atoms with Crippen molar-refractivity contribution < 1.29 is 9.53 Å². The van der Waals surface area contributed by atoms with E-state index in [2.05, 4.69) is 17.6 Å². The molecule has 2 N–H and O–H groups in total. The first-order valence-electron chi connectivity index (χ1n) is 6.26. The highest BCUT2D eigenvalue weighted by Crippen LogP contribution is 2.24. The van der Waals surface area contributed by atoms with Gasteiger partial charge >= 0.3 is 0 Å². The molecule has 92 valence electrons. The molecule has 1 heterocycles. The predicted molar refractivity (Wildman–Crippen MR) is 62.2 cm³/mol. The van der Waals surface area contributed by atoms with Crippen LogP contribution >= 0.6 is 0 Å². The summed E-state index contributed by atoms with van der Waals surface area (Å²) in [6.45, 7) is 4.87. The molecule has 0 aromatic carbocycles. The molecule has 0 aromatic heterocycles. The van der Waals surface area contributed by atoms with Crippen LogP contribution in [0.25, 0.3) is 0 Å². The molecule has 4 heteroatoms. The summed E-state index contributed by atoms with van der Waals surface area (Å²) in [7, 11) is 0. The van der Waals surface area contributed by atoms with Gasteiger partial charge in [-0.2, -0.15) is 0 Å². The molecule has 0 radical (unpaired) electrons. The molecule has 4 nitrogen and oxygen atoms in total. The number of hydrogen-bond donors (Lipinski definition) is 2. The van der Waals surface area contributed by atoms with E-state index in [4.69, 9.17) is 4.74 Å². The summed E-state index contributed by atoms with van der Waals surface area (Å²) in [6.07, 6.45) is 5.04. The van der Waals surface area contributed by atoms with Crippen molar-refractivity contribution in [2.45, 2.75) is 38.6 Å². The molecule has 1 saturated carbocycles. The van der Waals surface area contributed by atoms with Gasteiger partial charge in [-0.1, -0.05) is 19.8 Å². The van der Waals surface area contributed by atoms with Crippen LogP contribution in [0.5, 0.6) is 0 Å². The molecule has 2 aliphatic rings. The maximum atomic E-state index is 11.6. The molecule has 1 amide bonds. The summed E-state index contributed by atoms with van der Waals surface area (Å²) in [6, 6.07) is 0.563. The Balaban J connectivity index is 1.57. The van der Waals surface area contributed by atoms with Crippen LogP contribution in [0.1, 0.15) is 32.6 Å². The molecule has 1 saturated heterocycles. The number of carbonyl (C=O) groups is 1. The Morgan fingerprint density at radius 1 is 1.38 bits per heavy atom. The summed E-state index contributed by atoms with van der Waals surface area (Å²) in [4.78, 5) is 11.6. The lowest BCUT2D eigenvalue weighted by Gasteiger charge is -2.38. The Morgan fingerprint density at radius 3 is 2.62 bits per heavy atom. The SMILES string of the molecule is CC1(CNC(=O)CNC2CCCC2)COC1. The third kappa shape index (κ3) is 3.19. The number of hydrogen-bond acceptors (Lipinski definition) is 3. The van der Waals surface area contributed by atoms with E-state index in [1.54, 1.807) is 0 Å². The lowest BCUT2D eigenvalue weighted by atomic mass is 9.89. The summed E-state index contributed by atoms with van der Waals surface area (Å²) in [5, 5.41) is 6.28. The van der Waals surface area contributed by atoms with E-state index >= 15 is 0 Å². The van der Waals surface area contributed by atoms with Gasteiger partial charge in [-0.05, 0) is 12.8 Å². The zero-order valence-electron chi connectivity index (χ0n) is 10.1. The average molecular weight is 226 g/mol. The van der Waals surface area contributed by atoms with Gasteiger partial charge in [0.15, 0.2) is 0 Å². The first kappa shape index (κ1) is 11.9. The van der Waals surface area contributed by atoms with E-state index in [1.165, 1.54) is 25.7 Å². The lowest BCUT2D eigenvalue weighted by Crippen LogP contribution is -2.50. The largest absolute Gasteiger partial charge is 0.380 e. The smallest absolute Gasteiger partial charge is 0.233 e. The maximum absolute atomic E-state index is 11.6. The molecule has 0 spiro atoms. The van der Waals surface area contributed by atoms with Crippen LogP contribution < -0.4 is 10.6 Å². The summed E-state index contributed by atoms with van der Waals surface area (Å²) in [5.74, 6) is 0.111. The molecule has 0 bridgehead atoms. The Morgan fingerprint density at radius 2 is 2.06 bits per heavy atom. The first-order chi connectivity index (χ1) is 7.68. The minimum absolute atomic E-state index is 0.111. The van der Waals surface area contributed by atoms with Gasteiger partial charge in [0.25, 0.3) is 0 Å². The molecule has 0 aromatic rings. The number of rotatable bonds is 5. The van der Waals surface area contributed by atoms with Crippen molar-refractivity contribution >= 4 is 5.91 Å². The Hall–Kier alpha value is -0.610. The highest BCUT2D eigenvalue weighted by molar-refractivity contribution is 5.78. The topological polar surface area (TPSA) is 50.4 Å². The minimum atomic E-state index is 0.111. The van der Waals surface area contributed by atoms with Gasteiger partial charge in [-0.15, -0.1) is 0 Å². The minimum Gasteiger partial charge on any atom is -0.380 e. The number of ether oxygens (including phenoxy) is 1. The molecule has 16 heavy (non-hydrogen) atoms. The Bertz CT molecular complexity index is 245. The Kier molecular flexibility index (Phi) is 3.82. The van der Waals surface area contributed by atoms with E-state index in [1.807, 2.05) is 0 Å². The standard InChI is InChI=1S/C12H22N2O2/c1-12(8-16-9-12)7-14-11(15)6-13-10-4-2-3-5-10/h10,13H,2-9H2,1H3,(H,14,15). The van der Waals surface area contributed by atoms with E-state index in [9.17, 15) is 4.79 Å². The van der Waals surface area contributed by atoms with Crippen molar-refractivity contribution in [3.63, 3.8) is 0 Å². The molecule has 2 rings (SSSR count).